The van der Waals surface area contributed by atoms with Gasteiger partial charge in [0, 0.05) is 12.1 Å². The summed E-state index contributed by atoms with van der Waals surface area (Å²) in [7, 11) is 0. The molecule has 3 nitrogen and oxygen atoms in total. The first-order valence-electron chi connectivity index (χ1n) is 5.73. The molecule has 0 aliphatic carbocycles. The van der Waals surface area contributed by atoms with Crippen LogP contribution in [0.1, 0.15) is 36.2 Å². The molecule has 0 saturated carbocycles. The summed E-state index contributed by atoms with van der Waals surface area (Å²) in [6.07, 6.45) is 1.17. The maximum Gasteiger partial charge on any atom is 0.248 e. The third kappa shape index (κ3) is 4.03. The van der Waals surface area contributed by atoms with Crippen LogP contribution < -0.4 is 11.1 Å². The molecule has 1 unspecified atom stereocenters. The molecule has 1 rings (SSSR count). The number of nitrogens with two attached hydrogens (primary N) is 1. The Morgan fingerprint density at radius 1 is 1.50 bits per heavy atom. The first-order valence-corrected chi connectivity index (χ1v) is 5.73. The molecule has 0 fully saturated rings. The molecule has 0 spiro atoms. The maximum atomic E-state index is 11.0. The third-order valence-corrected chi connectivity index (χ3v) is 2.73. The summed E-state index contributed by atoms with van der Waals surface area (Å²) < 4.78 is 0. The van der Waals surface area contributed by atoms with Crippen LogP contribution in [-0.4, -0.2) is 12.5 Å². The lowest BCUT2D eigenvalue weighted by Crippen LogP contribution is -2.20. The summed E-state index contributed by atoms with van der Waals surface area (Å²) in [6.45, 7) is 6.18. The van der Waals surface area contributed by atoms with Gasteiger partial charge in [-0.15, -0.1) is 0 Å². The average Bonchev–Trinajstić information content (AvgIpc) is 2.29. The predicted octanol–water partition coefficient (Wildman–Crippen LogP) is 1.92. The van der Waals surface area contributed by atoms with E-state index in [-0.39, 0.29) is 5.91 Å². The molecule has 0 aromatic heterocycles. The zero-order chi connectivity index (χ0) is 12.0. The molecule has 0 aliphatic rings. The molecule has 88 valence electrons. The lowest BCUT2D eigenvalue weighted by molar-refractivity contribution is 0.1000. The van der Waals surface area contributed by atoms with E-state index in [0.717, 1.165) is 18.7 Å². The highest BCUT2D eigenvalue weighted by atomic mass is 16.1. The Hall–Kier alpha value is -1.35. The number of rotatable bonds is 6. The zero-order valence-electron chi connectivity index (χ0n) is 9.99. The number of primary amides is 1. The molecule has 1 aromatic rings. The van der Waals surface area contributed by atoms with E-state index in [1.165, 1.54) is 6.42 Å². The predicted molar refractivity (Wildman–Crippen MR) is 66.1 cm³/mol. The van der Waals surface area contributed by atoms with Crippen LogP contribution in [-0.2, 0) is 6.54 Å². The van der Waals surface area contributed by atoms with Gasteiger partial charge in [-0.2, -0.15) is 0 Å². The maximum absolute atomic E-state index is 11.0. The minimum absolute atomic E-state index is 0.372. The Kier molecular flexibility index (Phi) is 4.99. The molecular formula is C13H20N2O. The summed E-state index contributed by atoms with van der Waals surface area (Å²) in [4.78, 5) is 11.0. The van der Waals surface area contributed by atoms with E-state index in [1.54, 1.807) is 6.07 Å². The zero-order valence-corrected chi connectivity index (χ0v) is 9.99. The van der Waals surface area contributed by atoms with Gasteiger partial charge < -0.3 is 11.1 Å². The lowest BCUT2D eigenvalue weighted by Gasteiger charge is -2.10. The van der Waals surface area contributed by atoms with Gasteiger partial charge in [-0.05, 0) is 30.2 Å². The lowest BCUT2D eigenvalue weighted by atomic mass is 10.1. The normalized spacial score (nSPS) is 12.4. The Morgan fingerprint density at radius 2 is 2.25 bits per heavy atom. The minimum Gasteiger partial charge on any atom is -0.366 e. The second kappa shape index (κ2) is 6.28. The molecule has 3 N–H and O–H groups in total. The minimum atomic E-state index is -0.372. The van der Waals surface area contributed by atoms with Crippen molar-refractivity contribution in [1.29, 1.82) is 0 Å². The van der Waals surface area contributed by atoms with Gasteiger partial charge in [0.15, 0.2) is 0 Å². The van der Waals surface area contributed by atoms with Crippen molar-refractivity contribution in [3.8, 4) is 0 Å². The van der Waals surface area contributed by atoms with Crippen molar-refractivity contribution >= 4 is 5.91 Å². The highest BCUT2D eigenvalue weighted by Crippen LogP contribution is 2.05. The topological polar surface area (TPSA) is 55.1 Å². The number of amides is 1. The van der Waals surface area contributed by atoms with E-state index >= 15 is 0 Å². The van der Waals surface area contributed by atoms with Gasteiger partial charge in [0.25, 0.3) is 0 Å². The summed E-state index contributed by atoms with van der Waals surface area (Å²) in [5, 5.41) is 3.37. The average molecular weight is 220 g/mol. The van der Waals surface area contributed by atoms with Crippen LogP contribution >= 0.6 is 0 Å². The van der Waals surface area contributed by atoms with Crippen molar-refractivity contribution in [2.24, 2.45) is 11.7 Å². The summed E-state index contributed by atoms with van der Waals surface area (Å²) in [6, 6.07) is 7.43. The number of hydrogen-bond acceptors (Lipinski definition) is 2. The van der Waals surface area contributed by atoms with Crippen molar-refractivity contribution in [2.45, 2.75) is 26.8 Å². The monoisotopic (exact) mass is 220 g/mol. The third-order valence-electron chi connectivity index (χ3n) is 2.73. The SMILES string of the molecule is CCC(C)CNCc1cccc(C(N)=O)c1. The number of hydrogen-bond donors (Lipinski definition) is 2. The highest BCUT2D eigenvalue weighted by Gasteiger charge is 2.02. The van der Waals surface area contributed by atoms with E-state index in [4.69, 9.17) is 5.73 Å². The first-order chi connectivity index (χ1) is 7.63. The molecule has 1 atom stereocenters. The first kappa shape index (κ1) is 12.7. The number of carbonyl (C=O) groups is 1. The van der Waals surface area contributed by atoms with Crippen molar-refractivity contribution in [1.82, 2.24) is 5.32 Å². The van der Waals surface area contributed by atoms with Gasteiger partial charge in [0.1, 0.15) is 0 Å². The van der Waals surface area contributed by atoms with E-state index in [2.05, 4.69) is 19.2 Å². The Bertz CT molecular complexity index is 350. The van der Waals surface area contributed by atoms with Gasteiger partial charge in [0.05, 0.1) is 0 Å². The van der Waals surface area contributed by atoms with E-state index in [0.29, 0.717) is 11.5 Å². The number of nitrogens with one attached hydrogen (secondary N) is 1. The van der Waals surface area contributed by atoms with Crippen LogP contribution in [0.5, 0.6) is 0 Å². The molecule has 1 aromatic carbocycles. The van der Waals surface area contributed by atoms with Gasteiger partial charge in [-0.3, -0.25) is 4.79 Å². The van der Waals surface area contributed by atoms with Crippen LogP contribution in [0.2, 0.25) is 0 Å². The summed E-state index contributed by atoms with van der Waals surface area (Å²) in [5.41, 5.74) is 6.89. The number of benzene rings is 1. The van der Waals surface area contributed by atoms with E-state index in [1.807, 2.05) is 18.2 Å². The van der Waals surface area contributed by atoms with Crippen molar-refractivity contribution < 1.29 is 4.79 Å². The van der Waals surface area contributed by atoms with E-state index in [9.17, 15) is 4.79 Å². The molecule has 0 radical (unpaired) electrons. The van der Waals surface area contributed by atoms with Crippen molar-refractivity contribution in [2.75, 3.05) is 6.54 Å². The fourth-order valence-electron chi connectivity index (χ4n) is 1.44. The van der Waals surface area contributed by atoms with Gasteiger partial charge in [-0.1, -0.05) is 32.4 Å². The Balaban J connectivity index is 2.48. The Labute approximate surface area is 97.0 Å². The second-order valence-electron chi connectivity index (χ2n) is 4.21. The molecule has 0 bridgehead atoms. The fraction of sp³-hybridized carbons (Fsp3) is 0.462. The molecule has 0 heterocycles. The molecule has 3 heteroatoms. The second-order valence-corrected chi connectivity index (χ2v) is 4.21. The Morgan fingerprint density at radius 3 is 2.88 bits per heavy atom. The van der Waals surface area contributed by atoms with Crippen LogP contribution in [0, 0.1) is 5.92 Å². The van der Waals surface area contributed by atoms with Crippen LogP contribution in [0.15, 0.2) is 24.3 Å². The smallest absolute Gasteiger partial charge is 0.248 e. The van der Waals surface area contributed by atoms with Gasteiger partial charge in [-0.25, -0.2) is 0 Å². The highest BCUT2D eigenvalue weighted by molar-refractivity contribution is 5.92. The summed E-state index contributed by atoms with van der Waals surface area (Å²) in [5.74, 6) is 0.308. The van der Waals surface area contributed by atoms with Crippen molar-refractivity contribution in [3.05, 3.63) is 35.4 Å². The van der Waals surface area contributed by atoms with Gasteiger partial charge >= 0.3 is 0 Å². The van der Waals surface area contributed by atoms with Crippen LogP contribution in [0.4, 0.5) is 0 Å². The molecule has 0 aliphatic heterocycles. The standard InChI is InChI=1S/C13H20N2O/c1-3-10(2)8-15-9-11-5-4-6-12(7-11)13(14)16/h4-7,10,15H,3,8-9H2,1-2H3,(H2,14,16). The molecular weight excluding hydrogens is 200 g/mol. The largest absolute Gasteiger partial charge is 0.366 e. The van der Waals surface area contributed by atoms with Crippen LogP contribution in [0.25, 0.3) is 0 Å². The quantitative estimate of drug-likeness (QED) is 0.769. The van der Waals surface area contributed by atoms with Crippen molar-refractivity contribution in [3.63, 3.8) is 0 Å². The molecule has 1 amide bonds. The van der Waals surface area contributed by atoms with E-state index < -0.39 is 0 Å². The fourth-order valence-corrected chi connectivity index (χ4v) is 1.44. The molecule has 16 heavy (non-hydrogen) atoms. The van der Waals surface area contributed by atoms with Crippen LogP contribution in [0.3, 0.4) is 0 Å². The van der Waals surface area contributed by atoms with Gasteiger partial charge in [0.2, 0.25) is 5.91 Å². The summed E-state index contributed by atoms with van der Waals surface area (Å²) >= 11 is 0. The molecule has 0 saturated heterocycles. The number of carbonyl (C=O) groups excluding carboxylic acids is 1.